The van der Waals surface area contributed by atoms with Crippen LogP contribution in [0.4, 0.5) is 10.2 Å². The maximum atomic E-state index is 14.4. The van der Waals surface area contributed by atoms with Gasteiger partial charge in [0.25, 0.3) is 0 Å². The van der Waals surface area contributed by atoms with E-state index in [1.807, 2.05) is 65.6 Å². The smallest absolute Gasteiger partial charge is 0.166 e. The lowest BCUT2D eigenvalue weighted by atomic mass is 10.1. The van der Waals surface area contributed by atoms with Crippen LogP contribution in [0.2, 0.25) is 0 Å². The second kappa shape index (κ2) is 7.38. The first-order chi connectivity index (χ1) is 11.2. The molecular formula is C19H16BrFN2. The Hall–Kier alpha value is -2.20. The van der Waals surface area contributed by atoms with Crippen molar-refractivity contribution in [3.8, 4) is 0 Å². The number of pyridine rings is 1. The Balaban J connectivity index is 1.92. The minimum Gasteiger partial charge on any atom is -0.346 e. The van der Waals surface area contributed by atoms with Gasteiger partial charge in [-0.1, -0.05) is 60.7 Å². The lowest BCUT2D eigenvalue weighted by Crippen LogP contribution is -2.24. The first-order valence-corrected chi connectivity index (χ1v) is 8.15. The molecule has 23 heavy (non-hydrogen) atoms. The molecule has 3 rings (SSSR count). The number of anilines is 1. The highest BCUT2D eigenvalue weighted by Gasteiger charge is 2.15. The van der Waals surface area contributed by atoms with Crippen molar-refractivity contribution in [1.82, 2.24) is 4.98 Å². The highest BCUT2D eigenvalue weighted by atomic mass is 79.9. The summed E-state index contributed by atoms with van der Waals surface area (Å²) < 4.78 is 15.0. The normalized spacial score (nSPS) is 10.5. The molecule has 1 aromatic heterocycles. The molecule has 3 aromatic rings. The molecule has 0 aliphatic carbocycles. The molecule has 0 amide bonds. The summed E-state index contributed by atoms with van der Waals surface area (Å²) in [7, 11) is 0. The first kappa shape index (κ1) is 15.7. The van der Waals surface area contributed by atoms with Gasteiger partial charge in [-0.05, 0) is 33.1 Å². The van der Waals surface area contributed by atoms with Crippen molar-refractivity contribution in [3.05, 3.63) is 94.3 Å². The van der Waals surface area contributed by atoms with Gasteiger partial charge in [-0.25, -0.2) is 9.37 Å². The summed E-state index contributed by atoms with van der Waals surface area (Å²) in [6.45, 7) is 1.20. The summed E-state index contributed by atoms with van der Waals surface area (Å²) in [5.41, 5.74) is 2.24. The van der Waals surface area contributed by atoms with Gasteiger partial charge in [0.05, 0.1) is 0 Å². The minimum absolute atomic E-state index is 0.328. The molecule has 0 aliphatic heterocycles. The number of nitrogens with zero attached hydrogens (tertiary/aromatic N) is 2. The highest BCUT2D eigenvalue weighted by molar-refractivity contribution is 9.10. The number of hydrogen-bond acceptors (Lipinski definition) is 2. The predicted octanol–water partition coefficient (Wildman–Crippen LogP) is 5.19. The highest BCUT2D eigenvalue weighted by Crippen LogP contribution is 2.23. The van der Waals surface area contributed by atoms with Crippen LogP contribution >= 0.6 is 15.9 Å². The fourth-order valence-electron chi connectivity index (χ4n) is 2.45. The Kier molecular flexibility index (Phi) is 5.03. The van der Waals surface area contributed by atoms with E-state index in [-0.39, 0.29) is 5.82 Å². The SMILES string of the molecule is Fc1cc(Br)cnc1N(Cc1ccccc1)Cc1ccccc1. The average Bonchev–Trinajstić information content (AvgIpc) is 2.56. The van der Waals surface area contributed by atoms with Gasteiger partial charge < -0.3 is 4.90 Å². The molecule has 2 nitrogen and oxygen atoms in total. The van der Waals surface area contributed by atoms with Gasteiger partial charge in [0, 0.05) is 23.8 Å². The van der Waals surface area contributed by atoms with Crippen molar-refractivity contribution in [2.45, 2.75) is 13.1 Å². The van der Waals surface area contributed by atoms with E-state index in [0.29, 0.717) is 23.4 Å². The lowest BCUT2D eigenvalue weighted by molar-refractivity contribution is 0.605. The van der Waals surface area contributed by atoms with Crippen LogP contribution in [-0.2, 0) is 13.1 Å². The van der Waals surface area contributed by atoms with E-state index in [2.05, 4.69) is 20.9 Å². The van der Waals surface area contributed by atoms with E-state index < -0.39 is 0 Å². The van der Waals surface area contributed by atoms with Crippen molar-refractivity contribution in [2.24, 2.45) is 0 Å². The van der Waals surface area contributed by atoms with Gasteiger partial charge in [-0.3, -0.25) is 0 Å². The largest absolute Gasteiger partial charge is 0.346 e. The van der Waals surface area contributed by atoms with E-state index in [4.69, 9.17) is 0 Å². The van der Waals surface area contributed by atoms with Crippen LogP contribution in [0.3, 0.4) is 0 Å². The number of rotatable bonds is 5. The number of benzene rings is 2. The van der Waals surface area contributed by atoms with Gasteiger partial charge >= 0.3 is 0 Å². The first-order valence-electron chi connectivity index (χ1n) is 7.36. The van der Waals surface area contributed by atoms with Crippen LogP contribution in [0, 0.1) is 5.82 Å². The van der Waals surface area contributed by atoms with E-state index in [1.54, 1.807) is 6.20 Å². The van der Waals surface area contributed by atoms with Gasteiger partial charge in [-0.2, -0.15) is 0 Å². The second-order valence-electron chi connectivity index (χ2n) is 5.29. The van der Waals surface area contributed by atoms with Gasteiger partial charge in [-0.15, -0.1) is 0 Å². The summed E-state index contributed by atoms with van der Waals surface area (Å²) >= 11 is 3.26. The summed E-state index contributed by atoms with van der Waals surface area (Å²) in [4.78, 5) is 6.23. The topological polar surface area (TPSA) is 16.1 Å². The molecule has 0 aliphatic rings. The second-order valence-corrected chi connectivity index (χ2v) is 6.20. The quantitative estimate of drug-likeness (QED) is 0.614. The zero-order chi connectivity index (χ0) is 16.1. The molecule has 0 atom stereocenters. The zero-order valence-electron chi connectivity index (χ0n) is 12.5. The molecule has 0 unspecified atom stereocenters. The van der Waals surface area contributed by atoms with Crippen LogP contribution < -0.4 is 4.90 Å². The molecule has 0 bridgehead atoms. The average molecular weight is 371 g/mol. The summed E-state index contributed by atoms with van der Waals surface area (Å²) in [6, 6.07) is 21.5. The van der Waals surface area contributed by atoms with Crippen molar-refractivity contribution in [2.75, 3.05) is 4.90 Å². The van der Waals surface area contributed by atoms with Gasteiger partial charge in [0.1, 0.15) is 0 Å². The minimum atomic E-state index is -0.328. The van der Waals surface area contributed by atoms with Gasteiger partial charge in [0.15, 0.2) is 11.6 Å². The van der Waals surface area contributed by atoms with Crippen LogP contribution in [0.1, 0.15) is 11.1 Å². The standard InChI is InChI=1S/C19H16BrFN2/c20-17-11-18(21)19(22-12-17)23(13-15-7-3-1-4-8-15)14-16-9-5-2-6-10-16/h1-12H,13-14H2. The number of halogens is 2. The van der Waals surface area contributed by atoms with Crippen molar-refractivity contribution < 1.29 is 4.39 Å². The Bertz CT molecular complexity index is 721. The molecule has 0 saturated carbocycles. The Labute approximate surface area is 143 Å². The maximum Gasteiger partial charge on any atom is 0.166 e. The summed E-state index contributed by atoms with van der Waals surface area (Å²) in [5, 5.41) is 0. The molecule has 2 aromatic carbocycles. The van der Waals surface area contributed by atoms with E-state index in [0.717, 1.165) is 11.1 Å². The fraction of sp³-hybridized carbons (Fsp3) is 0.105. The van der Waals surface area contributed by atoms with Crippen molar-refractivity contribution >= 4 is 21.7 Å². The molecule has 1 heterocycles. The third kappa shape index (κ3) is 4.17. The fourth-order valence-corrected chi connectivity index (χ4v) is 2.76. The molecular weight excluding hydrogens is 355 g/mol. The van der Waals surface area contributed by atoms with Crippen LogP contribution in [0.15, 0.2) is 77.4 Å². The third-order valence-electron chi connectivity index (χ3n) is 3.52. The number of aromatic nitrogens is 1. The zero-order valence-corrected chi connectivity index (χ0v) is 14.1. The van der Waals surface area contributed by atoms with E-state index in [1.165, 1.54) is 6.07 Å². The lowest BCUT2D eigenvalue weighted by Gasteiger charge is -2.24. The van der Waals surface area contributed by atoms with Crippen LogP contribution in [-0.4, -0.2) is 4.98 Å². The van der Waals surface area contributed by atoms with Gasteiger partial charge in [0.2, 0.25) is 0 Å². The Morgan fingerprint density at radius 3 is 1.87 bits per heavy atom. The molecule has 0 spiro atoms. The molecule has 4 heteroatoms. The summed E-state index contributed by atoms with van der Waals surface area (Å²) in [6.07, 6.45) is 1.63. The molecule has 116 valence electrons. The molecule has 0 fully saturated rings. The number of hydrogen-bond donors (Lipinski definition) is 0. The summed E-state index contributed by atoms with van der Waals surface area (Å²) in [5.74, 6) is 0.0344. The Morgan fingerprint density at radius 1 is 0.870 bits per heavy atom. The van der Waals surface area contributed by atoms with E-state index >= 15 is 0 Å². The Morgan fingerprint density at radius 2 is 1.39 bits per heavy atom. The van der Waals surface area contributed by atoms with Crippen LogP contribution in [0.25, 0.3) is 0 Å². The monoisotopic (exact) mass is 370 g/mol. The maximum absolute atomic E-state index is 14.4. The van der Waals surface area contributed by atoms with Crippen molar-refractivity contribution in [1.29, 1.82) is 0 Å². The molecule has 0 saturated heterocycles. The van der Waals surface area contributed by atoms with Crippen molar-refractivity contribution in [3.63, 3.8) is 0 Å². The van der Waals surface area contributed by atoms with Crippen LogP contribution in [0.5, 0.6) is 0 Å². The molecule has 0 N–H and O–H groups in total. The third-order valence-corrected chi connectivity index (χ3v) is 3.95. The van der Waals surface area contributed by atoms with E-state index in [9.17, 15) is 4.39 Å². The predicted molar refractivity (Wildman–Crippen MR) is 94.7 cm³/mol. The molecule has 0 radical (unpaired) electrons.